The lowest BCUT2D eigenvalue weighted by molar-refractivity contribution is -0.120. The highest BCUT2D eigenvalue weighted by Crippen LogP contribution is 2.23. The number of anilines is 1. The van der Waals surface area contributed by atoms with E-state index in [1.165, 1.54) is 52.8 Å². The number of rotatable bonds is 6. The van der Waals surface area contributed by atoms with Crippen molar-refractivity contribution in [2.75, 3.05) is 18.4 Å². The van der Waals surface area contributed by atoms with Crippen LogP contribution in [0.5, 0.6) is 0 Å². The maximum atomic E-state index is 13.0. The number of hydrogen-bond donors (Lipinski definition) is 2. The number of piperidine rings is 1. The molecule has 29 heavy (non-hydrogen) atoms. The Balaban J connectivity index is 1.54. The minimum absolute atomic E-state index is 0.127. The molecule has 2 N–H and O–H groups in total. The second kappa shape index (κ2) is 8.71. The fraction of sp³-hybridized carbons (Fsp3) is 0.300. The van der Waals surface area contributed by atoms with Gasteiger partial charge in [0.25, 0.3) is 0 Å². The average molecular weight is 420 g/mol. The second-order valence-electron chi connectivity index (χ2n) is 6.93. The summed E-state index contributed by atoms with van der Waals surface area (Å²) in [6.45, 7) is 0.471. The molecule has 1 aliphatic rings. The molecule has 0 atom stereocenters. The standard InChI is InChI=1S/C20H21FN2O5S/c21-17-5-1-14(2-6-17)13-29(27,28)23-11-9-15(10-12-23)19(24)22-18-7-3-16(4-8-18)20(25)26/h1-8,15H,9-13H2,(H,22,24)(H,25,26). The Morgan fingerprint density at radius 3 is 2.17 bits per heavy atom. The monoisotopic (exact) mass is 420 g/mol. The van der Waals surface area contributed by atoms with Crippen molar-refractivity contribution < 1.29 is 27.5 Å². The molecule has 9 heteroatoms. The summed E-state index contributed by atoms with van der Waals surface area (Å²) in [7, 11) is -3.55. The van der Waals surface area contributed by atoms with Crippen LogP contribution in [0, 0.1) is 11.7 Å². The number of hydrogen-bond acceptors (Lipinski definition) is 4. The van der Waals surface area contributed by atoms with Crippen LogP contribution < -0.4 is 5.32 Å². The van der Waals surface area contributed by atoms with E-state index in [0.717, 1.165) is 0 Å². The van der Waals surface area contributed by atoms with Gasteiger partial charge in [-0.3, -0.25) is 4.79 Å². The number of sulfonamides is 1. The van der Waals surface area contributed by atoms with Crippen LogP contribution in [-0.2, 0) is 20.6 Å². The Kier molecular flexibility index (Phi) is 6.29. The normalized spacial score (nSPS) is 15.8. The molecule has 2 aromatic carbocycles. The Hall–Kier alpha value is -2.78. The van der Waals surface area contributed by atoms with E-state index in [4.69, 9.17) is 5.11 Å². The van der Waals surface area contributed by atoms with Gasteiger partial charge >= 0.3 is 5.97 Å². The largest absolute Gasteiger partial charge is 0.478 e. The number of nitrogens with zero attached hydrogens (tertiary/aromatic N) is 1. The minimum Gasteiger partial charge on any atom is -0.478 e. The van der Waals surface area contributed by atoms with Gasteiger partial charge in [-0.05, 0) is 54.8 Å². The first kappa shape index (κ1) is 20.9. The number of carboxylic acids is 1. The molecule has 1 heterocycles. The summed E-state index contributed by atoms with van der Waals surface area (Å²) >= 11 is 0. The fourth-order valence-corrected chi connectivity index (χ4v) is 4.78. The first-order valence-corrected chi connectivity index (χ1v) is 10.7. The smallest absolute Gasteiger partial charge is 0.335 e. The number of carbonyl (C=O) groups is 2. The van der Waals surface area contributed by atoms with Crippen LogP contribution in [-0.4, -0.2) is 42.8 Å². The van der Waals surface area contributed by atoms with Gasteiger partial charge in [0, 0.05) is 24.7 Å². The van der Waals surface area contributed by atoms with Crippen molar-refractivity contribution in [3.63, 3.8) is 0 Å². The zero-order valence-corrected chi connectivity index (χ0v) is 16.4. The highest BCUT2D eigenvalue weighted by atomic mass is 32.2. The van der Waals surface area contributed by atoms with Crippen LogP contribution >= 0.6 is 0 Å². The molecule has 0 bridgehead atoms. The molecule has 0 radical (unpaired) electrons. The number of benzene rings is 2. The van der Waals surface area contributed by atoms with Crippen LogP contribution in [0.15, 0.2) is 48.5 Å². The minimum atomic E-state index is -3.55. The molecule has 0 aromatic heterocycles. The van der Waals surface area contributed by atoms with Gasteiger partial charge < -0.3 is 10.4 Å². The zero-order chi connectivity index (χ0) is 21.0. The van der Waals surface area contributed by atoms with Crippen molar-refractivity contribution >= 4 is 27.6 Å². The molecular formula is C20H21FN2O5S. The van der Waals surface area contributed by atoms with Crippen LogP contribution in [0.1, 0.15) is 28.8 Å². The van der Waals surface area contributed by atoms with E-state index in [0.29, 0.717) is 24.1 Å². The summed E-state index contributed by atoms with van der Waals surface area (Å²) in [6, 6.07) is 11.2. The summed E-state index contributed by atoms with van der Waals surface area (Å²) in [4.78, 5) is 23.3. The summed E-state index contributed by atoms with van der Waals surface area (Å²) in [6.07, 6.45) is 0.781. The number of carbonyl (C=O) groups excluding carboxylic acids is 1. The van der Waals surface area contributed by atoms with Gasteiger partial charge in [-0.1, -0.05) is 12.1 Å². The molecule has 0 saturated carbocycles. The van der Waals surface area contributed by atoms with Gasteiger partial charge in [0.15, 0.2) is 0 Å². The molecule has 154 valence electrons. The molecule has 1 saturated heterocycles. The lowest BCUT2D eigenvalue weighted by atomic mass is 9.97. The summed E-state index contributed by atoms with van der Waals surface area (Å²) in [5, 5.41) is 11.6. The van der Waals surface area contributed by atoms with Gasteiger partial charge in [0.1, 0.15) is 5.82 Å². The first-order valence-electron chi connectivity index (χ1n) is 9.11. The quantitative estimate of drug-likeness (QED) is 0.748. The molecular weight excluding hydrogens is 399 g/mol. The maximum absolute atomic E-state index is 13.0. The lowest BCUT2D eigenvalue weighted by Gasteiger charge is -2.30. The van der Waals surface area contributed by atoms with Crippen molar-refractivity contribution in [3.8, 4) is 0 Å². The lowest BCUT2D eigenvalue weighted by Crippen LogP contribution is -2.41. The highest BCUT2D eigenvalue weighted by Gasteiger charge is 2.31. The van der Waals surface area contributed by atoms with Crippen LogP contribution in [0.2, 0.25) is 0 Å². The molecule has 2 aromatic rings. The molecule has 1 aliphatic heterocycles. The van der Waals surface area contributed by atoms with Crippen molar-refractivity contribution in [2.24, 2.45) is 5.92 Å². The Labute approximate surface area is 168 Å². The molecule has 0 aliphatic carbocycles. The average Bonchev–Trinajstić information content (AvgIpc) is 2.70. The molecule has 3 rings (SSSR count). The Bertz CT molecular complexity index is 983. The molecule has 7 nitrogen and oxygen atoms in total. The van der Waals surface area contributed by atoms with Crippen molar-refractivity contribution in [3.05, 3.63) is 65.5 Å². The third-order valence-electron chi connectivity index (χ3n) is 4.88. The topological polar surface area (TPSA) is 104 Å². The van der Waals surface area contributed by atoms with E-state index in [9.17, 15) is 22.4 Å². The van der Waals surface area contributed by atoms with E-state index < -0.39 is 21.8 Å². The van der Waals surface area contributed by atoms with Gasteiger partial charge in [0.2, 0.25) is 15.9 Å². The fourth-order valence-electron chi connectivity index (χ4n) is 3.22. The van der Waals surface area contributed by atoms with Crippen LogP contribution in [0.3, 0.4) is 0 Å². The molecule has 0 spiro atoms. The Morgan fingerprint density at radius 2 is 1.62 bits per heavy atom. The summed E-state index contributed by atoms with van der Waals surface area (Å²) < 4.78 is 39.5. The van der Waals surface area contributed by atoms with E-state index in [2.05, 4.69) is 5.32 Å². The summed E-state index contributed by atoms with van der Waals surface area (Å²) in [5.41, 5.74) is 1.13. The van der Waals surface area contributed by atoms with Gasteiger partial charge in [-0.2, -0.15) is 0 Å². The number of amides is 1. The zero-order valence-electron chi connectivity index (χ0n) is 15.5. The molecule has 0 unspecified atom stereocenters. The SMILES string of the molecule is O=C(O)c1ccc(NC(=O)C2CCN(S(=O)(=O)Cc3ccc(F)cc3)CC2)cc1. The third-order valence-corrected chi connectivity index (χ3v) is 6.73. The van der Waals surface area contributed by atoms with E-state index in [-0.39, 0.29) is 36.2 Å². The van der Waals surface area contributed by atoms with Crippen LogP contribution in [0.25, 0.3) is 0 Å². The summed E-state index contributed by atoms with van der Waals surface area (Å²) in [5.74, 6) is -2.22. The molecule has 1 amide bonds. The highest BCUT2D eigenvalue weighted by molar-refractivity contribution is 7.88. The van der Waals surface area contributed by atoms with E-state index in [1.54, 1.807) is 0 Å². The van der Waals surface area contributed by atoms with Gasteiger partial charge in [0.05, 0.1) is 11.3 Å². The number of nitrogens with one attached hydrogen (secondary N) is 1. The first-order chi connectivity index (χ1) is 13.7. The maximum Gasteiger partial charge on any atom is 0.335 e. The predicted molar refractivity (Wildman–Crippen MR) is 105 cm³/mol. The second-order valence-corrected chi connectivity index (χ2v) is 8.90. The molecule has 1 fully saturated rings. The number of halogens is 1. The van der Waals surface area contributed by atoms with Gasteiger partial charge in [-0.15, -0.1) is 0 Å². The van der Waals surface area contributed by atoms with Crippen molar-refractivity contribution in [1.82, 2.24) is 4.31 Å². The third kappa shape index (κ3) is 5.39. The van der Waals surface area contributed by atoms with Crippen LogP contribution in [0.4, 0.5) is 10.1 Å². The van der Waals surface area contributed by atoms with Crippen molar-refractivity contribution in [2.45, 2.75) is 18.6 Å². The van der Waals surface area contributed by atoms with E-state index in [1.807, 2.05) is 0 Å². The number of carboxylic acid groups (broad SMARTS) is 1. The number of aromatic carboxylic acids is 1. The Morgan fingerprint density at radius 1 is 1.03 bits per heavy atom. The predicted octanol–water partition coefficient (Wildman–Crippen LogP) is 2.70. The van der Waals surface area contributed by atoms with Crippen molar-refractivity contribution in [1.29, 1.82) is 0 Å². The van der Waals surface area contributed by atoms with Gasteiger partial charge in [-0.25, -0.2) is 21.9 Å². The van der Waals surface area contributed by atoms with E-state index >= 15 is 0 Å².